The fourth-order valence-electron chi connectivity index (χ4n) is 1.84. The molecule has 5 nitrogen and oxygen atoms in total. The molecule has 3 N–H and O–H groups in total. The van der Waals surface area contributed by atoms with Crippen LogP contribution in [0.15, 0.2) is 30.3 Å². The maximum absolute atomic E-state index is 12.0. The third-order valence-corrected chi connectivity index (χ3v) is 2.93. The van der Waals surface area contributed by atoms with Gasteiger partial charge >= 0.3 is 5.97 Å². The van der Waals surface area contributed by atoms with Crippen molar-refractivity contribution in [1.29, 1.82) is 0 Å². The summed E-state index contributed by atoms with van der Waals surface area (Å²) < 4.78 is 0. The number of hydrogen-bond acceptors (Lipinski definition) is 3. The zero-order valence-corrected chi connectivity index (χ0v) is 10.9. The van der Waals surface area contributed by atoms with Crippen LogP contribution in [-0.4, -0.2) is 34.7 Å². The minimum Gasteiger partial charge on any atom is -0.479 e. The van der Waals surface area contributed by atoms with Crippen molar-refractivity contribution >= 4 is 11.9 Å². The van der Waals surface area contributed by atoms with E-state index in [1.54, 1.807) is 0 Å². The fourth-order valence-corrected chi connectivity index (χ4v) is 1.84. The minimum absolute atomic E-state index is 0.00625. The van der Waals surface area contributed by atoms with Crippen LogP contribution in [0.4, 0.5) is 0 Å². The molecule has 104 valence electrons. The van der Waals surface area contributed by atoms with Crippen molar-refractivity contribution in [2.75, 3.05) is 6.54 Å². The van der Waals surface area contributed by atoms with Gasteiger partial charge in [-0.25, -0.2) is 4.79 Å². The molecule has 0 saturated heterocycles. The van der Waals surface area contributed by atoms with Gasteiger partial charge in [-0.15, -0.1) is 0 Å². The van der Waals surface area contributed by atoms with E-state index in [9.17, 15) is 9.59 Å². The number of carbonyl (C=O) groups is 2. The molecule has 0 aliphatic rings. The first-order chi connectivity index (χ1) is 9.06. The molecule has 0 radical (unpaired) electrons. The number of hydrogen-bond donors (Lipinski definition) is 3. The molecule has 0 saturated carbocycles. The number of amides is 1. The summed E-state index contributed by atoms with van der Waals surface area (Å²) in [4.78, 5) is 22.4. The molecule has 1 aromatic rings. The van der Waals surface area contributed by atoms with Crippen molar-refractivity contribution in [1.82, 2.24) is 5.32 Å². The molecular weight excluding hydrogens is 246 g/mol. The van der Waals surface area contributed by atoms with E-state index in [1.165, 1.54) is 0 Å². The van der Waals surface area contributed by atoms with Gasteiger partial charge in [-0.1, -0.05) is 37.3 Å². The zero-order valence-electron chi connectivity index (χ0n) is 10.9. The molecule has 0 aliphatic carbocycles. The highest BCUT2D eigenvalue weighted by Gasteiger charge is 2.19. The minimum atomic E-state index is -1.43. The van der Waals surface area contributed by atoms with E-state index >= 15 is 0 Å². The summed E-state index contributed by atoms with van der Waals surface area (Å²) in [6, 6.07) is 9.41. The Balaban J connectivity index is 2.49. The molecule has 0 heterocycles. The Morgan fingerprint density at radius 2 is 1.89 bits per heavy atom. The molecule has 1 rings (SSSR count). The number of aliphatic carboxylic acids is 1. The largest absolute Gasteiger partial charge is 0.479 e. The number of aliphatic hydroxyl groups excluding tert-OH is 1. The van der Waals surface area contributed by atoms with Crippen LogP contribution in [0.3, 0.4) is 0 Å². The number of carboxylic acid groups (broad SMARTS) is 1. The van der Waals surface area contributed by atoms with E-state index in [0.29, 0.717) is 6.42 Å². The molecule has 0 spiro atoms. The molecule has 0 aromatic heterocycles. The first-order valence-electron chi connectivity index (χ1n) is 6.29. The summed E-state index contributed by atoms with van der Waals surface area (Å²) in [5, 5.41) is 20.3. The highest BCUT2D eigenvalue weighted by atomic mass is 16.4. The van der Waals surface area contributed by atoms with Crippen molar-refractivity contribution in [3.63, 3.8) is 0 Å². The van der Waals surface area contributed by atoms with Gasteiger partial charge in [0.25, 0.3) is 0 Å². The second-order valence-corrected chi connectivity index (χ2v) is 4.31. The van der Waals surface area contributed by atoms with Crippen LogP contribution in [0, 0.1) is 0 Å². The first kappa shape index (κ1) is 15.2. The smallest absolute Gasteiger partial charge is 0.332 e. The Bertz CT molecular complexity index is 419. The topological polar surface area (TPSA) is 86.6 Å². The quantitative estimate of drug-likeness (QED) is 0.690. The Morgan fingerprint density at radius 3 is 2.42 bits per heavy atom. The van der Waals surface area contributed by atoms with Gasteiger partial charge in [-0.3, -0.25) is 4.79 Å². The number of nitrogens with one attached hydrogen (secondary N) is 1. The van der Waals surface area contributed by atoms with Crippen LogP contribution >= 0.6 is 0 Å². The SMILES string of the molecule is CCC(C(=O)NCC[C@H](O)C(=O)O)c1ccccc1. The lowest BCUT2D eigenvalue weighted by Crippen LogP contribution is -2.33. The molecule has 0 fully saturated rings. The number of aliphatic hydroxyl groups is 1. The molecule has 0 bridgehead atoms. The van der Waals surface area contributed by atoms with Gasteiger partial charge in [0.1, 0.15) is 0 Å². The van der Waals surface area contributed by atoms with Gasteiger partial charge in [0.05, 0.1) is 5.92 Å². The van der Waals surface area contributed by atoms with Gasteiger partial charge in [0.15, 0.2) is 6.10 Å². The number of rotatable bonds is 7. The molecule has 19 heavy (non-hydrogen) atoms. The summed E-state index contributed by atoms with van der Waals surface area (Å²) in [6.45, 7) is 2.07. The van der Waals surface area contributed by atoms with E-state index in [0.717, 1.165) is 5.56 Å². The molecule has 0 aliphatic heterocycles. The summed E-state index contributed by atoms with van der Waals surface area (Å²) in [7, 11) is 0. The van der Waals surface area contributed by atoms with Crippen LogP contribution in [0.1, 0.15) is 31.2 Å². The lowest BCUT2D eigenvalue weighted by Gasteiger charge is -2.15. The maximum Gasteiger partial charge on any atom is 0.332 e. The average Bonchev–Trinajstić information content (AvgIpc) is 2.40. The van der Waals surface area contributed by atoms with Crippen molar-refractivity contribution in [3.05, 3.63) is 35.9 Å². The molecular formula is C14H19NO4. The van der Waals surface area contributed by atoms with Crippen LogP contribution in [0.5, 0.6) is 0 Å². The molecule has 5 heteroatoms. The summed E-state index contributed by atoms with van der Waals surface area (Å²) in [5.41, 5.74) is 0.932. The maximum atomic E-state index is 12.0. The van der Waals surface area contributed by atoms with E-state index in [2.05, 4.69) is 5.32 Å². The van der Waals surface area contributed by atoms with E-state index < -0.39 is 12.1 Å². The van der Waals surface area contributed by atoms with E-state index in [1.807, 2.05) is 37.3 Å². The monoisotopic (exact) mass is 265 g/mol. The second kappa shape index (κ2) is 7.53. The number of benzene rings is 1. The molecule has 1 amide bonds. The predicted octanol–water partition coefficient (Wildman–Crippen LogP) is 1.13. The van der Waals surface area contributed by atoms with Crippen LogP contribution in [0.25, 0.3) is 0 Å². The van der Waals surface area contributed by atoms with Crippen LogP contribution in [-0.2, 0) is 9.59 Å². The van der Waals surface area contributed by atoms with Crippen molar-refractivity contribution < 1.29 is 19.8 Å². The number of carbonyl (C=O) groups excluding carboxylic acids is 1. The first-order valence-corrected chi connectivity index (χ1v) is 6.29. The van der Waals surface area contributed by atoms with Gasteiger partial charge in [-0.2, -0.15) is 0 Å². The summed E-state index contributed by atoms with van der Waals surface area (Å²) >= 11 is 0. The molecule has 2 atom stereocenters. The second-order valence-electron chi connectivity index (χ2n) is 4.31. The number of carboxylic acids is 1. The normalized spacial score (nSPS) is 13.6. The highest BCUT2D eigenvalue weighted by molar-refractivity contribution is 5.83. The van der Waals surface area contributed by atoms with Crippen molar-refractivity contribution in [3.8, 4) is 0 Å². The molecule has 1 aromatic carbocycles. The summed E-state index contributed by atoms with van der Waals surface area (Å²) in [5.74, 6) is -1.67. The Kier molecular flexibility index (Phi) is 6.02. The van der Waals surface area contributed by atoms with E-state index in [-0.39, 0.29) is 24.8 Å². The van der Waals surface area contributed by atoms with Crippen molar-refractivity contribution in [2.24, 2.45) is 0 Å². The Labute approximate surface area is 112 Å². The lowest BCUT2D eigenvalue weighted by molar-refractivity contribution is -0.147. The van der Waals surface area contributed by atoms with Gasteiger partial charge in [-0.05, 0) is 12.0 Å². The Hall–Kier alpha value is -1.88. The fraction of sp³-hybridized carbons (Fsp3) is 0.429. The predicted molar refractivity (Wildman–Crippen MR) is 70.7 cm³/mol. The third kappa shape index (κ3) is 4.71. The Morgan fingerprint density at radius 1 is 1.26 bits per heavy atom. The third-order valence-electron chi connectivity index (χ3n) is 2.93. The standard InChI is InChI=1S/C14H19NO4/c1-2-11(10-6-4-3-5-7-10)13(17)15-9-8-12(16)14(18)19/h3-7,11-12,16H,2,8-9H2,1H3,(H,15,17)(H,18,19)/t11?,12-/m0/s1. The van der Waals surface area contributed by atoms with Crippen LogP contribution in [0.2, 0.25) is 0 Å². The van der Waals surface area contributed by atoms with Gasteiger partial charge < -0.3 is 15.5 Å². The van der Waals surface area contributed by atoms with Gasteiger partial charge in [0.2, 0.25) is 5.91 Å². The van der Waals surface area contributed by atoms with Crippen molar-refractivity contribution in [2.45, 2.75) is 31.8 Å². The zero-order chi connectivity index (χ0) is 14.3. The van der Waals surface area contributed by atoms with E-state index in [4.69, 9.17) is 10.2 Å². The molecule has 1 unspecified atom stereocenters. The van der Waals surface area contributed by atoms with Crippen LogP contribution < -0.4 is 5.32 Å². The average molecular weight is 265 g/mol. The van der Waals surface area contributed by atoms with Gasteiger partial charge in [0, 0.05) is 13.0 Å². The highest BCUT2D eigenvalue weighted by Crippen LogP contribution is 2.19. The lowest BCUT2D eigenvalue weighted by atomic mass is 9.95. The summed E-state index contributed by atoms with van der Waals surface area (Å²) in [6.07, 6.45) is -0.763.